The van der Waals surface area contributed by atoms with Crippen LogP contribution in [-0.4, -0.2) is 22.4 Å². The molecule has 0 atom stereocenters. The molecule has 0 saturated carbocycles. The molecule has 116 valence electrons. The van der Waals surface area contributed by atoms with Gasteiger partial charge in [-0.25, -0.2) is 9.65 Å². The Morgan fingerprint density at radius 1 is 1.43 bits per heavy atom. The van der Waals surface area contributed by atoms with Crippen molar-refractivity contribution in [2.24, 2.45) is 5.73 Å². The van der Waals surface area contributed by atoms with Crippen LogP contribution in [0.5, 0.6) is 0 Å². The van der Waals surface area contributed by atoms with E-state index in [2.05, 4.69) is 11.1 Å². The fourth-order valence-electron chi connectivity index (χ4n) is 2.77. The summed E-state index contributed by atoms with van der Waals surface area (Å²) < 4.78 is 15.3. The van der Waals surface area contributed by atoms with Gasteiger partial charge < -0.3 is 5.73 Å². The number of hydrogen-bond donors (Lipinski definition) is 1. The zero-order valence-corrected chi connectivity index (χ0v) is 13.3. The molecular formula is C14H10BCl2FN4O. The predicted octanol–water partition coefficient (Wildman–Crippen LogP) is 2.75. The molecule has 1 aliphatic rings. The molecule has 9 heteroatoms. The topological polar surface area (TPSA) is 84.7 Å². The monoisotopic (exact) mass is 350 g/mol. The van der Waals surface area contributed by atoms with Crippen molar-refractivity contribution in [2.45, 2.75) is 19.2 Å². The highest BCUT2D eigenvalue weighted by Gasteiger charge is 2.31. The third kappa shape index (κ3) is 2.69. The molecule has 2 N–H and O–H groups in total. The van der Waals surface area contributed by atoms with E-state index in [-0.39, 0.29) is 22.3 Å². The molecule has 0 aliphatic carbocycles. The van der Waals surface area contributed by atoms with Gasteiger partial charge in [0.05, 0.1) is 15.6 Å². The SMILES string of the molecule is N#CB1CCn2nc(-c3cc(Cl)c(F)c(Cl)c3)c(C(N)=O)c2C1. The first-order valence-electron chi connectivity index (χ1n) is 6.86. The first-order valence-corrected chi connectivity index (χ1v) is 7.62. The van der Waals surface area contributed by atoms with Crippen LogP contribution in [0.15, 0.2) is 12.1 Å². The van der Waals surface area contributed by atoms with Gasteiger partial charge in [0.1, 0.15) is 5.69 Å². The molecule has 0 saturated heterocycles. The number of primary amides is 1. The van der Waals surface area contributed by atoms with Gasteiger partial charge in [-0.3, -0.25) is 9.48 Å². The Morgan fingerprint density at radius 3 is 2.65 bits per heavy atom. The van der Waals surface area contributed by atoms with E-state index < -0.39 is 11.7 Å². The van der Waals surface area contributed by atoms with Crippen molar-refractivity contribution in [3.8, 4) is 17.2 Å². The molecule has 0 fully saturated rings. The number of aryl methyl sites for hydroxylation is 1. The first kappa shape index (κ1) is 15.8. The minimum Gasteiger partial charge on any atom is -0.365 e. The molecule has 0 unspecified atom stereocenters. The zero-order chi connectivity index (χ0) is 16.7. The quantitative estimate of drug-likeness (QED) is 0.667. The Hall–Kier alpha value is -2.04. The summed E-state index contributed by atoms with van der Waals surface area (Å²) in [5, 5.41) is 13.2. The lowest BCUT2D eigenvalue weighted by atomic mass is 9.45. The van der Waals surface area contributed by atoms with Crippen LogP contribution in [0.1, 0.15) is 16.1 Å². The number of amides is 1. The first-order chi connectivity index (χ1) is 10.9. The minimum absolute atomic E-state index is 0.163. The van der Waals surface area contributed by atoms with E-state index >= 15 is 0 Å². The van der Waals surface area contributed by atoms with Crippen molar-refractivity contribution in [3.63, 3.8) is 0 Å². The molecule has 0 spiro atoms. The summed E-state index contributed by atoms with van der Waals surface area (Å²) in [7, 11) is 0. The highest BCUT2D eigenvalue weighted by molar-refractivity contribution is 6.66. The summed E-state index contributed by atoms with van der Waals surface area (Å²) in [5.74, 6) is 0.814. The van der Waals surface area contributed by atoms with Crippen LogP contribution in [0.4, 0.5) is 4.39 Å². The molecule has 1 aromatic heterocycles. The highest BCUT2D eigenvalue weighted by Crippen LogP contribution is 2.34. The molecule has 1 aliphatic heterocycles. The van der Waals surface area contributed by atoms with Gasteiger partial charge in [0, 0.05) is 23.8 Å². The van der Waals surface area contributed by atoms with Gasteiger partial charge >= 0.3 is 0 Å². The van der Waals surface area contributed by atoms with Crippen LogP contribution in [0, 0.1) is 17.0 Å². The van der Waals surface area contributed by atoms with Crippen LogP contribution in [-0.2, 0) is 12.9 Å². The van der Waals surface area contributed by atoms with E-state index in [4.69, 9.17) is 34.2 Å². The Bertz CT molecular complexity index is 838. The van der Waals surface area contributed by atoms with Gasteiger partial charge in [0.2, 0.25) is 0 Å². The maximum absolute atomic E-state index is 13.6. The molecule has 23 heavy (non-hydrogen) atoms. The second-order valence-electron chi connectivity index (χ2n) is 5.33. The van der Waals surface area contributed by atoms with Crippen molar-refractivity contribution < 1.29 is 9.18 Å². The number of nitrogens with two attached hydrogens (primary N) is 1. The Morgan fingerprint density at radius 2 is 2.09 bits per heavy atom. The van der Waals surface area contributed by atoms with Gasteiger partial charge in [-0.15, -0.1) is 0 Å². The smallest absolute Gasteiger partial charge is 0.275 e. The van der Waals surface area contributed by atoms with E-state index in [1.165, 1.54) is 12.1 Å². The van der Waals surface area contributed by atoms with E-state index in [9.17, 15) is 9.18 Å². The number of nitrogens with zero attached hydrogens (tertiary/aromatic N) is 3. The van der Waals surface area contributed by atoms with E-state index in [1.807, 2.05) is 0 Å². The summed E-state index contributed by atoms with van der Waals surface area (Å²) in [6.45, 7) is 0.321. The van der Waals surface area contributed by atoms with Gasteiger partial charge in [-0.1, -0.05) is 23.2 Å². The van der Waals surface area contributed by atoms with Crippen LogP contribution in [0.2, 0.25) is 16.4 Å². The third-order valence-electron chi connectivity index (χ3n) is 3.87. The molecule has 0 radical (unpaired) electrons. The third-order valence-corrected chi connectivity index (χ3v) is 4.42. The van der Waals surface area contributed by atoms with Crippen LogP contribution < -0.4 is 5.73 Å². The summed E-state index contributed by atoms with van der Waals surface area (Å²) in [6, 6.07) is 2.71. The van der Waals surface area contributed by atoms with Crippen LogP contribution in [0.3, 0.4) is 0 Å². The number of aromatic nitrogens is 2. The van der Waals surface area contributed by atoms with Gasteiger partial charge in [-0.05, 0) is 24.8 Å². The summed E-state index contributed by atoms with van der Waals surface area (Å²) in [5.41, 5.74) is 7.05. The molecule has 2 heterocycles. The molecule has 0 bridgehead atoms. The van der Waals surface area contributed by atoms with Crippen molar-refractivity contribution >= 4 is 35.8 Å². The fourth-order valence-corrected chi connectivity index (χ4v) is 3.25. The number of carbonyl (C=O) groups excluding carboxylic acids is 1. The average Bonchev–Trinajstić information content (AvgIpc) is 2.90. The van der Waals surface area contributed by atoms with Crippen molar-refractivity contribution in [3.05, 3.63) is 39.3 Å². The average molecular weight is 351 g/mol. The number of carbonyl (C=O) groups is 1. The molecule has 2 aromatic rings. The highest BCUT2D eigenvalue weighted by atomic mass is 35.5. The van der Waals surface area contributed by atoms with E-state index in [1.54, 1.807) is 4.68 Å². The zero-order valence-electron chi connectivity index (χ0n) is 11.8. The second kappa shape index (κ2) is 5.87. The lowest BCUT2D eigenvalue weighted by molar-refractivity contribution is 0.1000. The van der Waals surface area contributed by atoms with Crippen molar-refractivity contribution in [1.82, 2.24) is 9.78 Å². The largest absolute Gasteiger partial charge is 0.365 e. The lowest BCUT2D eigenvalue weighted by Gasteiger charge is -2.15. The van der Waals surface area contributed by atoms with Crippen molar-refractivity contribution in [2.75, 3.05) is 0 Å². The van der Waals surface area contributed by atoms with Gasteiger partial charge in [-0.2, -0.15) is 5.10 Å². The molecule has 1 aromatic carbocycles. The fraction of sp³-hybridized carbons (Fsp3) is 0.214. The number of fused-ring (bicyclic) bond motifs is 1. The summed E-state index contributed by atoms with van der Waals surface area (Å²) in [4.78, 5) is 11.9. The Balaban J connectivity index is 2.20. The molecular weight excluding hydrogens is 341 g/mol. The van der Waals surface area contributed by atoms with Gasteiger partial charge in [0.25, 0.3) is 12.6 Å². The Kier molecular flexibility index (Phi) is 4.05. The molecule has 3 rings (SSSR count). The maximum atomic E-state index is 13.6. The molecule has 5 nitrogen and oxygen atoms in total. The lowest BCUT2D eigenvalue weighted by Crippen LogP contribution is -2.28. The number of hydrogen-bond acceptors (Lipinski definition) is 3. The number of benzene rings is 1. The standard InChI is InChI=1S/C14H10BCl2FN4O/c16-8-3-7(4-9(17)12(8)18)13-11(14(20)23)10-5-15(6-19)1-2-22(10)21-13/h3-4H,1-2,5H2,(H2,20,23). The number of nitriles is 1. The van der Waals surface area contributed by atoms with E-state index in [0.29, 0.717) is 36.1 Å². The minimum atomic E-state index is -0.730. The maximum Gasteiger partial charge on any atom is 0.275 e. The Labute approximate surface area is 141 Å². The second-order valence-corrected chi connectivity index (χ2v) is 6.14. The summed E-state index contributed by atoms with van der Waals surface area (Å²) >= 11 is 11.6. The van der Waals surface area contributed by atoms with Gasteiger partial charge in [0.15, 0.2) is 5.82 Å². The van der Waals surface area contributed by atoms with Crippen LogP contribution >= 0.6 is 23.2 Å². The normalized spacial score (nSPS) is 13.6. The number of rotatable bonds is 2. The van der Waals surface area contributed by atoms with E-state index in [0.717, 1.165) is 0 Å². The van der Waals surface area contributed by atoms with Crippen molar-refractivity contribution in [1.29, 1.82) is 5.26 Å². The predicted molar refractivity (Wildman–Crippen MR) is 86.0 cm³/mol. The van der Waals surface area contributed by atoms with Crippen LogP contribution in [0.25, 0.3) is 11.3 Å². The molecule has 1 amide bonds. The number of halogens is 3. The summed E-state index contributed by atoms with van der Waals surface area (Å²) in [6.07, 6.45) is 1.04.